The summed E-state index contributed by atoms with van der Waals surface area (Å²) >= 11 is 0. The maximum Gasteiger partial charge on any atom is 0 e. The van der Waals surface area contributed by atoms with Gasteiger partial charge < -0.3 is 11.5 Å². The van der Waals surface area contributed by atoms with Crippen LogP contribution in [0.3, 0.4) is 0 Å². The van der Waals surface area contributed by atoms with Gasteiger partial charge in [0, 0.05) is 2.85 Å². The fraction of sp³-hybridized carbons (Fsp3) is 1.00. The lowest BCUT2D eigenvalue weighted by Crippen LogP contribution is -2.43. The number of hydrogen-bond donors (Lipinski definition) is 2. The molecule has 0 aromatic carbocycles. The summed E-state index contributed by atoms with van der Waals surface area (Å²) in [5.41, 5.74) is 11.4. The average molecular weight is 148 g/mol. The number of hydrogen-bond acceptors (Lipinski definition) is 2. The Morgan fingerprint density at radius 2 is 1.60 bits per heavy atom. The minimum absolute atomic E-state index is 0. The normalized spacial score (nSPS) is 20.4. The number of nitrogens with two attached hydrogens (primary N) is 2. The third kappa shape index (κ3) is 1.96. The molecule has 0 bridgehead atoms. The highest BCUT2D eigenvalue weighted by Gasteiger charge is 2.33. The zero-order chi connectivity index (χ0) is 8.04. The van der Waals surface area contributed by atoms with E-state index in [0.717, 1.165) is 13.1 Å². The van der Waals surface area contributed by atoms with Crippen LogP contribution >= 0.6 is 0 Å². The van der Waals surface area contributed by atoms with E-state index in [1.165, 1.54) is 19.3 Å². The Hall–Kier alpha value is -0.0800. The van der Waals surface area contributed by atoms with Crippen molar-refractivity contribution < 1.29 is 2.85 Å². The molecule has 0 aromatic heterocycles. The van der Waals surface area contributed by atoms with E-state index in [9.17, 15) is 0 Å². The molecule has 1 aliphatic carbocycles. The molecule has 0 heterocycles. The predicted octanol–water partition coefficient (Wildman–Crippen LogP) is 1.59. The van der Waals surface area contributed by atoms with E-state index in [1.807, 2.05) is 13.8 Å². The molecule has 0 atom stereocenters. The van der Waals surface area contributed by atoms with E-state index in [-0.39, 0.29) is 2.85 Å². The molecular formula is C8H24N2. The molecule has 2 nitrogen and oxygen atoms in total. The fourth-order valence-corrected chi connectivity index (χ4v) is 1.17. The smallest absolute Gasteiger partial charge is 0 e. The summed E-state index contributed by atoms with van der Waals surface area (Å²) in [6.07, 6.45) is 3.83. The molecule has 10 heavy (non-hydrogen) atoms. The first-order chi connectivity index (χ1) is 4.83. The predicted molar refractivity (Wildman–Crippen MR) is 50.0 cm³/mol. The van der Waals surface area contributed by atoms with E-state index in [4.69, 9.17) is 11.5 Å². The molecule has 66 valence electrons. The molecule has 0 radical (unpaired) electrons. The molecule has 0 aromatic rings. The van der Waals surface area contributed by atoms with Gasteiger partial charge in [-0.25, -0.2) is 0 Å². The Kier molecular flexibility index (Phi) is 4.65. The monoisotopic (exact) mass is 148 g/mol. The molecular weight excluding hydrogens is 124 g/mol. The quantitative estimate of drug-likeness (QED) is 0.625. The van der Waals surface area contributed by atoms with Crippen molar-refractivity contribution in [3.63, 3.8) is 0 Å². The van der Waals surface area contributed by atoms with Gasteiger partial charge >= 0.3 is 0 Å². The minimum Gasteiger partial charge on any atom is -0.330 e. The molecule has 0 amide bonds. The molecule has 0 saturated heterocycles. The van der Waals surface area contributed by atoms with E-state index in [2.05, 4.69) is 0 Å². The summed E-state index contributed by atoms with van der Waals surface area (Å²) in [6, 6.07) is 0. The van der Waals surface area contributed by atoms with Crippen LogP contribution in [0.25, 0.3) is 0 Å². The minimum atomic E-state index is 0. The maximum atomic E-state index is 5.50. The second kappa shape index (κ2) is 4.69. The van der Waals surface area contributed by atoms with Gasteiger partial charge in [-0.2, -0.15) is 0 Å². The molecule has 1 fully saturated rings. The number of rotatable bonds is 2. The van der Waals surface area contributed by atoms with Gasteiger partial charge in [0.1, 0.15) is 0 Å². The second-order valence-corrected chi connectivity index (χ2v) is 2.76. The van der Waals surface area contributed by atoms with Crippen LogP contribution in [0.1, 0.15) is 36.0 Å². The topological polar surface area (TPSA) is 52.0 Å². The third-order valence-corrected chi connectivity index (χ3v) is 2.28. The van der Waals surface area contributed by atoms with Crippen LogP contribution in [0.15, 0.2) is 0 Å². The highest BCUT2D eigenvalue weighted by atomic mass is 14.7. The molecule has 2 heteroatoms. The summed E-state index contributed by atoms with van der Waals surface area (Å²) in [4.78, 5) is 0. The highest BCUT2D eigenvalue weighted by Crippen LogP contribution is 2.38. The van der Waals surface area contributed by atoms with Gasteiger partial charge in [0.05, 0.1) is 0 Å². The van der Waals surface area contributed by atoms with Crippen LogP contribution in [0.5, 0.6) is 0 Å². The summed E-state index contributed by atoms with van der Waals surface area (Å²) < 4.78 is 0. The zero-order valence-electron chi connectivity index (χ0n) is 7.19. The van der Waals surface area contributed by atoms with Gasteiger partial charge in [0.15, 0.2) is 0 Å². The molecule has 1 aliphatic rings. The molecule has 4 N–H and O–H groups in total. The fourth-order valence-electron chi connectivity index (χ4n) is 1.17. The first-order valence-electron chi connectivity index (χ1n) is 4.23. The van der Waals surface area contributed by atoms with Crippen molar-refractivity contribution in [2.75, 3.05) is 13.1 Å². The summed E-state index contributed by atoms with van der Waals surface area (Å²) in [5, 5.41) is 0. The Balaban J connectivity index is -0.000000189. The van der Waals surface area contributed by atoms with Crippen LogP contribution in [0, 0.1) is 5.41 Å². The van der Waals surface area contributed by atoms with Gasteiger partial charge in [-0.15, -0.1) is 0 Å². The van der Waals surface area contributed by atoms with Crippen LogP contribution in [-0.4, -0.2) is 13.1 Å². The van der Waals surface area contributed by atoms with E-state index in [0.29, 0.717) is 5.41 Å². The molecule has 0 unspecified atom stereocenters. The Morgan fingerprint density at radius 1 is 1.20 bits per heavy atom. The third-order valence-electron chi connectivity index (χ3n) is 2.28. The summed E-state index contributed by atoms with van der Waals surface area (Å²) in [7, 11) is 0. The van der Waals surface area contributed by atoms with Crippen LogP contribution in [0.2, 0.25) is 0 Å². The first-order valence-corrected chi connectivity index (χ1v) is 4.23. The lowest BCUT2D eigenvalue weighted by atomic mass is 9.69. The summed E-state index contributed by atoms with van der Waals surface area (Å²) in [6.45, 7) is 5.56. The Labute approximate surface area is 66.9 Å². The van der Waals surface area contributed by atoms with E-state index in [1.54, 1.807) is 0 Å². The van der Waals surface area contributed by atoms with Gasteiger partial charge in [-0.05, 0) is 31.3 Å². The van der Waals surface area contributed by atoms with Crippen molar-refractivity contribution >= 4 is 0 Å². The van der Waals surface area contributed by atoms with Gasteiger partial charge in [-0.1, -0.05) is 20.3 Å². The average Bonchev–Trinajstić information content (AvgIpc) is 1.93. The van der Waals surface area contributed by atoms with Crippen molar-refractivity contribution in [3.05, 3.63) is 0 Å². The van der Waals surface area contributed by atoms with Gasteiger partial charge in [0.2, 0.25) is 0 Å². The van der Waals surface area contributed by atoms with E-state index >= 15 is 0 Å². The standard InChI is InChI=1S/C6H14N2.C2H6.2H2/c7-4-6(5-8)2-1-3-6;1-2;;/h1-5,7-8H2;1-2H3;2*1H. The van der Waals surface area contributed by atoms with Crippen molar-refractivity contribution in [2.24, 2.45) is 16.9 Å². The van der Waals surface area contributed by atoms with Crippen LogP contribution in [-0.2, 0) is 0 Å². The summed E-state index contributed by atoms with van der Waals surface area (Å²) in [5.74, 6) is 0. The van der Waals surface area contributed by atoms with E-state index < -0.39 is 0 Å². The molecule has 0 spiro atoms. The van der Waals surface area contributed by atoms with Crippen LogP contribution < -0.4 is 11.5 Å². The largest absolute Gasteiger partial charge is 0.330 e. The Bertz CT molecular complexity index is 71.6. The van der Waals surface area contributed by atoms with Crippen molar-refractivity contribution in [3.8, 4) is 0 Å². The van der Waals surface area contributed by atoms with Gasteiger partial charge in [0.25, 0.3) is 0 Å². The molecule has 1 saturated carbocycles. The van der Waals surface area contributed by atoms with Crippen molar-refractivity contribution in [2.45, 2.75) is 33.1 Å². The van der Waals surface area contributed by atoms with Crippen molar-refractivity contribution in [1.29, 1.82) is 0 Å². The first kappa shape index (κ1) is 9.92. The van der Waals surface area contributed by atoms with Crippen molar-refractivity contribution in [1.82, 2.24) is 0 Å². The maximum absolute atomic E-state index is 5.50. The zero-order valence-corrected chi connectivity index (χ0v) is 7.19. The SMILES string of the molecule is CC.NCC1(CN)CCC1.[HH].[HH]. The van der Waals surface area contributed by atoms with Crippen LogP contribution in [0.4, 0.5) is 0 Å². The molecule has 1 rings (SSSR count). The highest BCUT2D eigenvalue weighted by molar-refractivity contribution is 4.88. The molecule has 0 aliphatic heterocycles. The second-order valence-electron chi connectivity index (χ2n) is 2.76. The van der Waals surface area contributed by atoms with Gasteiger partial charge in [-0.3, -0.25) is 0 Å². The Morgan fingerprint density at radius 3 is 1.60 bits per heavy atom. The lowest BCUT2D eigenvalue weighted by molar-refractivity contribution is 0.156. The lowest BCUT2D eigenvalue weighted by Gasteiger charge is -2.39.